The summed E-state index contributed by atoms with van der Waals surface area (Å²) in [6, 6.07) is 5.31. The summed E-state index contributed by atoms with van der Waals surface area (Å²) in [6.07, 6.45) is 0. The van der Waals surface area contributed by atoms with Crippen molar-refractivity contribution in [2.75, 3.05) is 13.7 Å². The van der Waals surface area contributed by atoms with E-state index in [0.717, 1.165) is 10.0 Å². The lowest BCUT2D eigenvalue weighted by molar-refractivity contribution is 0.0526. The first-order valence-corrected chi connectivity index (χ1v) is 5.42. The molecule has 0 bridgehead atoms. The average Bonchev–Trinajstić information content (AvgIpc) is 2.22. The van der Waals surface area contributed by atoms with Gasteiger partial charge in [-0.3, -0.25) is 0 Å². The maximum absolute atomic E-state index is 11.4. The van der Waals surface area contributed by atoms with Gasteiger partial charge in [0.1, 0.15) is 0 Å². The SMILES string of the molecule is CCOC(=O)c1ccc(Br)c(COC)c1. The van der Waals surface area contributed by atoms with Crippen LogP contribution in [-0.4, -0.2) is 19.7 Å². The van der Waals surface area contributed by atoms with Gasteiger partial charge in [0.15, 0.2) is 0 Å². The number of rotatable bonds is 4. The lowest BCUT2D eigenvalue weighted by atomic mass is 10.1. The van der Waals surface area contributed by atoms with Crippen LogP contribution in [0.25, 0.3) is 0 Å². The fourth-order valence-corrected chi connectivity index (χ4v) is 1.54. The molecule has 0 radical (unpaired) electrons. The van der Waals surface area contributed by atoms with Gasteiger partial charge in [0.25, 0.3) is 0 Å². The number of hydrogen-bond donors (Lipinski definition) is 0. The van der Waals surface area contributed by atoms with Gasteiger partial charge in [0.05, 0.1) is 18.8 Å². The van der Waals surface area contributed by atoms with Gasteiger partial charge < -0.3 is 9.47 Å². The minimum Gasteiger partial charge on any atom is -0.462 e. The predicted molar refractivity (Wildman–Crippen MR) is 60.8 cm³/mol. The van der Waals surface area contributed by atoms with Gasteiger partial charge >= 0.3 is 5.97 Å². The second-order valence-electron chi connectivity index (χ2n) is 2.96. The fourth-order valence-electron chi connectivity index (χ4n) is 1.18. The Morgan fingerprint density at radius 3 is 2.80 bits per heavy atom. The van der Waals surface area contributed by atoms with Crippen molar-refractivity contribution < 1.29 is 14.3 Å². The van der Waals surface area contributed by atoms with E-state index in [1.807, 2.05) is 6.07 Å². The third kappa shape index (κ3) is 3.32. The van der Waals surface area contributed by atoms with Crippen LogP contribution in [0.5, 0.6) is 0 Å². The molecule has 4 heteroatoms. The summed E-state index contributed by atoms with van der Waals surface area (Å²) in [7, 11) is 1.61. The van der Waals surface area contributed by atoms with Crippen molar-refractivity contribution in [1.82, 2.24) is 0 Å². The van der Waals surface area contributed by atoms with Crippen molar-refractivity contribution in [2.45, 2.75) is 13.5 Å². The standard InChI is InChI=1S/C11H13BrO3/c1-3-15-11(13)8-4-5-10(12)9(6-8)7-14-2/h4-6H,3,7H2,1-2H3. The third-order valence-corrected chi connectivity index (χ3v) is 2.63. The van der Waals surface area contributed by atoms with E-state index in [4.69, 9.17) is 9.47 Å². The Hall–Kier alpha value is -0.870. The number of halogens is 1. The maximum Gasteiger partial charge on any atom is 0.338 e. The highest BCUT2D eigenvalue weighted by Gasteiger charge is 2.08. The molecule has 0 unspecified atom stereocenters. The number of benzene rings is 1. The summed E-state index contributed by atoms with van der Waals surface area (Å²) in [5, 5.41) is 0. The van der Waals surface area contributed by atoms with Crippen molar-refractivity contribution in [3.8, 4) is 0 Å². The van der Waals surface area contributed by atoms with Gasteiger partial charge in [-0.2, -0.15) is 0 Å². The molecule has 0 aliphatic rings. The molecule has 0 aliphatic carbocycles. The van der Waals surface area contributed by atoms with Gasteiger partial charge in [0.2, 0.25) is 0 Å². The highest BCUT2D eigenvalue weighted by atomic mass is 79.9. The highest BCUT2D eigenvalue weighted by molar-refractivity contribution is 9.10. The van der Waals surface area contributed by atoms with Crippen LogP contribution in [-0.2, 0) is 16.1 Å². The van der Waals surface area contributed by atoms with Gasteiger partial charge in [-0.1, -0.05) is 15.9 Å². The molecular weight excluding hydrogens is 260 g/mol. The molecule has 1 aromatic rings. The monoisotopic (exact) mass is 272 g/mol. The van der Waals surface area contributed by atoms with Gasteiger partial charge in [-0.25, -0.2) is 4.79 Å². The largest absolute Gasteiger partial charge is 0.462 e. The van der Waals surface area contributed by atoms with E-state index < -0.39 is 0 Å². The van der Waals surface area contributed by atoms with Crippen LogP contribution in [0.2, 0.25) is 0 Å². The van der Waals surface area contributed by atoms with E-state index in [9.17, 15) is 4.79 Å². The molecule has 82 valence electrons. The first-order chi connectivity index (χ1) is 7.19. The summed E-state index contributed by atoms with van der Waals surface area (Å²) in [5.41, 5.74) is 1.48. The maximum atomic E-state index is 11.4. The van der Waals surface area contributed by atoms with Crippen LogP contribution in [0.1, 0.15) is 22.8 Å². The molecule has 3 nitrogen and oxygen atoms in total. The smallest absolute Gasteiger partial charge is 0.338 e. The molecule has 0 N–H and O–H groups in total. The van der Waals surface area contributed by atoms with E-state index in [1.165, 1.54) is 0 Å². The first kappa shape index (κ1) is 12.2. The van der Waals surface area contributed by atoms with Gasteiger partial charge in [-0.15, -0.1) is 0 Å². The molecule has 0 spiro atoms. The molecule has 0 atom stereocenters. The minimum atomic E-state index is -0.303. The Kier molecular flexibility index (Phi) is 4.78. The first-order valence-electron chi connectivity index (χ1n) is 4.63. The Balaban J connectivity index is 2.91. The Bertz CT molecular complexity index is 350. The van der Waals surface area contributed by atoms with E-state index in [2.05, 4.69) is 15.9 Å². The lowest BCUT2D eigenvalue weighted by Crippen LogP contribution is -2.05. The number of carbonyl (C=O) groups excluding carboxylic acids is 1. The van der Waals surface area contributed by atoms with Gasteiger partial charge in [0, 0.05) is 11.6 Å². The van der Waals surface area contributed by atoms with Crippen LogP contribution in [0, 0.1) is 0 Å². The number of ether oxygens (including phenoxy) is 2. The molecule has 15 heavy (non-hydrogen) atoms. The second kappa shape index (κ2) is 5.88. The zero-order valence-electron chi connectivity index (χ0n) is 8.75. The van der Waals surface area contributed by atoms with E-state index in [1.54, 1.807) is 26.2 Å². The molecule has 0 amide bonds. The normalized spacial score (nSPS) is 10.1. The lowest BCUT2D eigenvalue weighted by Gasteiger charge is -2.06. The topological polar surface area (TPSA) is 35.5 Å². The van der Waals surface area contributed by atoms with Crippen LogP contribution >= 0.6 is 15.9 Å². The molecular formula is C11H13BrO3. The number of methoxy groups -OCH3 is 1. The van der Waals surface area contributed by atoms with Gasteiger partial charge in [-0.05, 0) is 30.7 Å². The molecule has 0 fully saturated rings. The van der Waals surface area contributed by atoms with Crippen LogP contribution in [0.3, 0.4) is 0 Å². The predicted octanol–water partition coefficient (Wildman–Crippen LogP) is 2.77. The Labute approximate surface area is 97.5 Å². The Morgan fingerprint density at radius 1 is 1.47 bits per heavy atom. The molecule has 0 aromatic heterocycles. The second-order valence-corrected chi connectivity index (χ2v) is 3.81. The molecule has 1 rings (SSSR count). The summed E-state index contributed by atoms with van der Waals surface area (Å²) < 4.78 is 10.9. The van der Waals surface area contributed by atoms with Crippen molar-refractivity contribution in [3.05, 3.63) is 33.8 Å². The number of hydrogen-bond acceptors (Lipinski definition) is 3. The summed E-state index contributed by atoms with van der Waals surface area (Å²) in [4.78, 5) is 11.4. The van der Waals surface area contributed by atoms with E-state index in [-0.39, 0.29) is 5.97 Å². The highest BCUT2D eigenvalue weighted by Crippen LogP contribution is 2.19. The average molecular weight is 273 g/mol. The Morgan fingerprint density at radius 2 is 2.20 bits per heavy atom. The van der Waals surface area contributed by atoms with Crippen molar-refractivity contribution in [2.24, 2.45) is 0 Å². The summed E-state index contributed by atoms with van der Waals surface area (Å²) in [5.74, 6) is -0.303. The molecule has 0 heterocycles. The fraction of sp³-hybridized carbons (Fsp3) is 0.364. The summed E-state index contributed by atoms with van der Waals surface area (Å²) in [6.45, 7) is 2.63. The van der Waals surface area contributed by atoms with Crippen molar-refractivity contribution in [3.63, 3.8) is 0 Å². The third-order valence-electron chi connectivity index (χ3n) is 1.86. The molecule has 0 saturated heterocycles. The van der Waals surface area contributed by atoms with Crippen molar-refractivity contribution in [1.29, 1.82) is 0 Å². The molecule has 1 aromatic carbocycles. The van der Waals surface area contributed by atoms with Crippen LogP contribution in [0.15, 0.2) is 22.7 Å². The number of carbonyl (C=O) groups is 1. The van der Waals surface area contributed by atoms with Crippen LogP contribution < -0.4 is 0 Å². The van der Waals surface area contributed by atoms with E-state index >= 15 is 0 Å². The zero-order chi connectivity index (χ0) is 11.3. The summed E-state index contributed by atoms with van der Waals surface area (Å²) >= 11 is 3.39. The van der Waals surface area contributed by atoms with Crippen molar-refractivity contribution >= 4 is 21.9 Å². The van der Waals surface area contributed by atoms with Crippen LogP contribution in [0.4, 0.5) is 0 Å². The quantitative estimate of drug-likeness (QED) is 0.791. The van der Waals surface area contributed by atoms with E-state index in [0.29, 0.717) is 18.8 Å². The molecule has 0 saturated carbocycles. The molecule has 0 aliphatic heterocycles. The zero-order valence-corrected chi connectivity index (χ0v) is 10.3. The number of esters is 1. The minimum absolute atomic E-state index is 0.303.